The van der Waals surface area contributed by atoms with Gasteiger partial charge < -0.3 is 4.90 Å². The predicted octanol–water partition coefficient (Wildman–Crippen LogP) is 7.59. The summed E-state index contributed by atoms with van der Waals surface area (Å²) in [6.07, 6.45) is 21.6. The van der Waals surface area contributed by atoms with Crippen molar-refractivity contribution in [2.75, 3.05) is 13.1 Å². The van der Waals surface area contributed by atoms with Gasteiger partial charge in [-0.05, 0) is 25.9 Å². The Morgan fingerprint density at radius 3 is 1.30 bits per heavy atom. The van der Waals surface area contributed by atoms with E-state index in [9.17, 15) is 0 Å². The van der Waals surface area contributed by atoms with E-state index in [0.29, 0.717) is 0 Å². The number of hydrogen-bond donors (Lipinski definition) is 0. The molecule has 0 rings (SSSR count). The maximum atomic E-state index is 2.69. The molecule has 0 spiro atoms. The van der Waals surface area contributed by atoms with Crippen molar-refractivity contribution in [1.82, 2.24) is 4.90 Å². The van der Waals surface area contributed by atoms with Gasteiger partial charge >= 0.3 is 0 Å². The highest BCUT2D eigenvalue weighted by molar-refractivity contribution is 4.70. The molecule has 0 aliphatic rings. The van der Waals surface area contributed by atoms with Crippen LogP contribution in [0.3, 0.4) is 0 Å². The molecule has 1 atom stereocenters. The highest BCUT2D eigenvalue weighted by atomic mass is 15.1. The molecule has 0 bridgehead atoms. The molecule has 1 unspecified atom stereocenters. The van der Waals surface area contributed by atoms with Crippen LogP contribution in [0.5, 0.6) is 0 Å². The second-order valence-electron chi connectivity index (χ2n) is 7.34. The van der Waals surface area contributed by atoms with Crippen LogP contribution in [0.15, 0.2) is 0 Å². The third-order valence-electron chi connectivity index (χ3n) is 5.36. The van der Waals surface area contributed by atoms with Crippen molar-refractivity contribution >= 4 is 0 Å². The highest BCUT2D eigenvalue weighted by Gasteiger charge is 2.14. The van der Waals surface area contributed by atoms with Gasteiger partial charge in [-0.2, -0.15) is 0 Å². The van der Waals surface area contributed by atoms with Crippen molar-refractivity contribution in [3.63, 3.8) is 0 Å². The van der Waals surface area contributed by atoms with Crippen LogP contribution in [0.2, 0.25) is 0 Å². The molecule has 1 heteroatoms. The standard InChI is InChI=1S/C22H47N/c1-5-9-11-12-13-14-15-16-17-18-19-21-22(20-10-6-2)23(7-3)8-4/h22H,5-21H2,1-4H3. The largest absolute Gasteiger partial charge is 0.301 e. The molecular weight excluding hydrogens is 278 g/mol. The molecule has 0 aliphatic carbocycles. The van der Waals surface area contributed by atoms with Crippen LogP contribution in [-0.2, 0) is 0 Å². The molecular formula is C22H47N. The Bertz CT molecular complexity index is 210. The average Bonchev–Trinajstić information content (AvgIpc) is 2.57. The Morgan fingerprint density at radius 1 is 0.478 bits per heavy atom. The van der Waals surface area contributed by atoms with E-state index in [1.807, 2.05) is 0 Å². The van der Waals surface area contributed by atoms with Crippen molar-refractivity contribution in [3.8, 4) is 0 Å². The molecule has 0 aliphatic heterocycles. The molecule has 0 aromatic rings. The first-order valence-corrected chi connectivity index (χ1v) is 11.0. The van der Waals surface area contributed by atoms with Gasteiger partial charge in [0.15, 0.2) is 0 Å². The Morgan fingerprint density at radius 2 is 0.870 bits per heavy atom. The summed E-state index contributed by atoms with van der Waals surface area (Å²) in [5.74, 6) is 0. The fraction of sp³-hybridized carbons (Fsp3) is 1.00. The van der Waals surface area contributed by atoms with E-state index in [2.05, 4.69) is 32.6 Å². The molecule has 0 heterocycles. The Kier molecular flexibility index (Phi) is 18.3. The number of rotatable bonds is 18. The minimum atomic E-state index is 0.850. The van der Waals surface area contributed by atoms with Crippen molar-refractivity contribution in [2.24, 2.45) is 0 Å². The zero-order valence-corrected chi connectivity index (χ0v) is 17.0. The van der Waals surface area contributed by atoms with Crippen molar-refractivity contribution in [3.05, 3.63) is 0 Å². The van der Waals surface area contributed by atoms with Gasteiger partial charge in [-0.15, -0.1) is 0 Å². The summed E-state index contributed by atoms with van der Waals surface area (Å²) in [5.41, 5.74) is 0. The summed E-state index contributed by atoms with van der Waals surface area (Å²) >= 11 is 0. The third-order valence-corrected chi connectivity index (χ3v) is 5.36. The first kappa shape index (κ1) is 23.0. The first-order chi connectivity index (χ1) is 11.3. The second kappa shape index (κ2) is 18.3. The first-order valence-electron chi connectivity index (χ1n) is 11.0. The van der Waals surface area contributed by atoms with Crippen LogP contribution in [0, 0.1) is 0 Å². The minimum absolute atomic E-state index is 0.850. The van der Waals surface area contributed by atoms with Crippen LogP contribution in [0.1, 0.15) is 124 Å². The topological polar surface area (TPSA) is 3.24 Å². The van der Waals surface area contributed by atoms with Gasteiger partial charge in [0.2, 0.25) is 0 Å². The second-order valence-corrected chi connectivity index (χ2v) is 7.34. The molecule has 1 nitrogen and oxygen atoms in total. The van der Waals surface area contributed by atoms with Crippen molar-refractivity contribution < 1.29 is 0 Å². The maximum Gasteiger partial charge on any atom is 0.00950 e. The zero-order chi connectivity index (χ0) is 17.2. The van der Waals surface area contributed by atoms with E-state index in [1.165, 1.54) is 109 Å². The van der Waals surface area contributed by atoms with Gasteiger partial charge in [0, 0.05) is 6.04 Å². The summed E-state index contributed by atoms with van der Waals surface area (Å²) < 4.78 is 0. The molecule has 0 saturated heterocycles. The van der Waals surface area contributed by atoms with Crippen LogP contribution in [-0.4, -0.2) is 24.0 Å². The SMILES string of the molecule is CCCCCCCCCCCCCC(CCCC)N(CC)CC. The van der Waals surface area contributed by atoms with E-state index in [-0.39, 0.29) is 0 Å². The summed E-state index contributed by atoms with van der Waals surface area (Å²) in [4.78, 5) is 2.69. The minimum Gasteiger partial charge on any atom is -0.301 e. The van der Waals surface area contributed by atoms with E-state index in [0.717, 1.165) is 6.04 Å². The normalized spacial score (nSPS) is 12.9. The quantitative estimate of drug-likeness (QED) is 0.235. The smallest absolute Gasteiger partial charge is 0.00950 e. The zero-order valence-electron chi connectivity index (χ0n) is 17.0. The van der Waals surface area contributed by atoms with E-state index >= 15 is 0 Å². The Labute approximate surface area is 148 Å². The Balaban J connectivity index is 3.54. The Hall–Kier alpha value is -0.0400. The van der Waals surface area contributed by atoms with Gasteiger partial charge in [0.1, 0.15) is 0 Å². The molecule has 0 aromatic carbocycles. The fourth-order valence-electron chi connectivity index (χ4n) is 3.73. The van der Waals surface area contributed by atoms with Crippen molar-refractivity contribution in [1.29, 1.82) is 0 Å². The monoisotopic (exact) mass is 325 g/mol. The lowest BCUT2D eigenvalue weighted by molar-refractivity contribution is 0.188. The molecule has 140 valence electrons. The molecule has 0 aromatic heterocycles. The molecule has 23 heavy (non-hydrogen) atoms. The molecule has 0 radical (unpaired) electrons. The molecule has 0 fully saturated rings. The number of unbranched alkanes of at least 4 members (excludes halogenated alkanes) is 11. The average molecular weight is 326 g/mol. The predicted molar refractivity (Wildman–Crippen MR) is 107 cm³/mol. The molecule has 0 saturated carbocycles. The maximum absolute atomic E-state index is 2.69. The van der Waals surface area contributed by atoms with E-state index in [1.54, 1.807) is 0 Å². The number of nitrogens with zero attached hydrogens (tertiary/aromatic N) is 1. The highest BCUT2D eigenvalue weighted by Crippen LogP contribution is 2.17. The molecule has 0 amide bonds. The third kappa shape index (κ3) is 14.0. The van der Waals surface area contributed by atoms with E-state index < -0.39 is 0 Å². The van der Waals surface area contributed by atoms with Gasteiger partial charge in [-0.25, -0.2) is 0 Å². The van der Waals surface area contributed by atoms with E-state index in [4.69, 9.17) is 0 Å². The lowest BCUT2D eigenvalue weighted by Gasteiger charge is -2.29. The summed E-state index contributed by atoms with van der Waals surface area (Å²) in [5, 5.41) is 0. The van der Waals surface area contributed by atoms with Crippen molar-refractivity contribution in [2.45, 2.75) is 130 Å². The lowest BCUT2D eigenvalue weighted by atomic mass is 9.99. The van der Waals surface area contributed by atoms with Crippen LogP contribution < -0.4 is 0 Å². The van der Waals surface area contributed by atoms with Gasteiger partial charge in [0.25, 0.3) is 0 Å². The van der Waals surface area contributed by atoms with Gasteiger partial charge in [0.05, 0.1) is 0 Å². The van der Waals surface area contributed by atoms with Crippen LogP contribution in [0.25, 0.3) is 0 Å². The summed E-state index contributed by atoms with van der Waals surface area (Å²) in [7, 11) is 0. The summed E-state index contributed by atoms with van der Waals surface area (Å²) in [6.45, 7) is 11.7. The van der Waals surface area contributed by atoms with Crippen LogP contribution >= 0.6 is 0 Å². The summed E-state index contributed by atoms with van der Waals surface area (Å²) in [6, 6.07) is 0.850. The van der Waals surface area contributed by atoms with Gasteiger partial charge in [-0.1, -0.05) is 111 Å². The fourth-order valence-corrected chi connectivity index (χ4v) is 3.73. The number of hydrogen-bond acceptors (Lipinski definition) is 1. The lowest BCUT2D eigenvalue weighted by Crippen LogP contribution is -2.35. The van der Waals surface area contributed by atoms with Crippen LogP contribution in [0.4, 0.5) is 0 Å². The molecule has 0 N–H and O–H groups in total. The van der Waals surface area contributed by atoms with Gasteiger partial charge in [-0.3, -0.25) is 0 Å².